The Labute approximate surface area is 88.1 Å². The molecule has 5 heteroatoms. The largest absolute Gasteiger partial charge is 0.405 e. The van der Waals surface area contributed by atoms with Gasteiger partial charge in [0.25, 0.3) is 0 Å². The van der Waals surface area contributed by atoms with E-state index in [1.54, 1.807) is 0 Å². The number of hydrogen-bond donors (Lipinski definition) is 2. The molecule has 88 valence electrons. The quantitative estimate of drug-likeness (QED) is 0.707. The van der Waals surface area contributed by atoms with Gasteiger partial charge >= 0.3 is 6.18 Å². The molecule has 0 amide bonds. The molecule has 0 unspecified atom stereocenters. The van der Waals surface area contributed by atoms with Crippen LogP contribution in [-0.4, -0.2) is 18.4 Å². The summed E-state index contributed by atoms with van der Waals surface area (Å²) in [6, 6.07) is 0. The van der Waals surface area contributed by atoms with Crippen molar-refractivity contribution in [3.05, 3.63) is 11.8 Å². The molecule has 0 spiro atoms. The summed E-state index contributed by atoms with van der Waals surface area (Å²) in [7, 11) is 0. The molecule has 15 heavy (non-hydrogen) atoms. The highest BCUT2D eigenvalue weighted by Crippen LogP contribution is 2.17. The summed E-state index contributed by atoms with van der Waals surface area (Å²) in [5.41, 5.74) is 0.309. The van der Waals surface area contributed by atoms with E-state index in [1.807, 2.05) is 20.8 Å². The minimum atomic E-state index is -4.22. The molecule has 0 aromatic carbocycles. The zero-order chi connectivity index (χ0) is 12.3. The standard InChI is InChI=1S/C10H17F3N2/c1-7(15-6-10(11,12)13)5-8(14)9(2,3)4/h5,14-15H,6H2,1-4H3/b7-5-,14-8?. The molecule has 2 nitrogen and oxygen atoms in total. The van der Waals surface area contributed by atoms with Gasteiger partial charge in [-0.1, -0.05) is 20.8 Å². The molecule has 0 aliphatic carbocycles. The van der Waals surface area contributed by atoms with E-state index in [0.29, 0.717) is 11.4 Å². The SMILES string of the molecule is C/C(=C/C(=N)C(C)(C)C)NCC(F)(F)F. The third-order valence-corrected chi connectivity index (χ3v) is 1.74. The van der Waals surface area contributed by atoms with E-state index in [0.717, 1.165) is 0 Å². The van der Waals surface area contributed by atoms with Crippen LogP contribution in [0.4, 0.5) is 13.2 Å². The monoisotopic (exact) mass is 222 g/mol. The zero-order valence-electron chi connectivity index (χ0n) is 9.42. The maximum Gasteiger partial charge on any atom is 0.405 e. The lowest BCUT2D eigenvalue weighted by Gasteiger charge is -2.18. The van der Waals surface area contributed by atoms with Crippen LogP contribution in [0, 0.1) is 10.8 Å². The lowest BCUT2D eigenvalue weighted by Crippen LogP contribution is -2.28. The minimum Gasteiger partial charge on any atom is -0.380 e. The summed E-state index contributed by atoms with van der Waals surface area (Å²) in [6.07, 6.45) is -2.80. The molecule has 0 aromatic rings. The van der Waals surface area contributed by atoms with Gasteiger partial charge in [-0.15, -0.1) is 0 Å². The molecule has 0 atom stereocenters. The van der Waals surface area contributed by atoms with Crippen LogP contribution in [0.3, 0.4) is 0 Å². The minimum absolute atomic E-state index is 0.301. The van der Waals surface area contributed by atoms with Crippen molar-refractivity contribution in [1.29, 1.82) is 5.41 Å². The van der Waals surface area contributed by atoms with Crippen molar-refractivity contribution in [2.75, 3.05) is 6.54 Å². The van der Waals surface area contributed by atoms with E-state index < -0.39 is 12.7 Å². The molecule has 0 aliphatic rings. The smallest absolute Gasteiger partial charge is 0.380 e. The first kappa shape index (κ1) is 14.0. The second-order valence-corrected chi connectivity index (χ2v) is 4.46. The zero-order valence-corrected chi connectivity index (χ0v) is 9.42. The summed E-state index contributed by atoms with van der Waals surface area (Å²) in [4.78, 5) is 0. The van der Waals surface area contributed by atoms with Gasteiger partial charge in [-0.25, -0.2) is 0 Å². The lowest BCUT2D eigenvalue weighted by atomic mass is 9.89. The molecule has 0 fully saturated rings. The molecule has 0 bridgehead atoms. The molecular weight excluding hydrogens is 205 g/mol. The third-order valence-electron chi connectivity index (χ3n) is 1.74. The van der Waals surface area contributed by atoms with E-state index >= 15 is 0 Å². The normalized spacial score (nSPS) is 13.9. The van der Waals surface area contributed by atoms with Crippen molar-refractivity contribution in [3.8, 4) is 0 Å². The highest BCUT2D eigenvalue weighted by molar-refractivity contribution is 5.96. The maximum atomic E-state index is 11.8. The van der Waals surface area contributed by atoms with Gasteiger partial charge in [0.2, 0.25) is 0 Å². The summed E-state index contributed by atoms with van der Waals surface area (Å²) in [6.45, 7) is 5.97. The first-order chi connectivity index (χ1) is 6.52. The molecule has 0 radical (unpaired) electrons. The number of halogens is 3. The summed E-state index contributed by atoms with van der Waals surface area (Å²) in [5.74, 6) is 0. The number of nitrogens with one attached hydrogen (secondary N) is 2. The Kier molecular flexibility index (Phi) is 4.37. The van der Waals surface area contributed by atoms with Gasteiger partial charge in [-0.2, -0.15) is 13.2 Å². The van der Waals surface area contributed by atoms with Crippen molar-refractivity contribution >= 4 is 5.71 Å². The van der Waals surface area contributed by atoms with Crippen LogP contribution >= 0.6 is 0 Å². The van der Waals surface area contributed by atoms with Gasteiger partial charge in [0, 0.05) is 16.8 Å². The van der Waals surface area contributed by atoms with E-state index in [1.165, 1.54) is 13.0 Å². The Bertz CT molecular complexity index is 259. The van der Waals surface area contributed by atoms with E-state index in [9.17, 15) is 13.2 Å². The first-order valence-electron chi connectivity index (χ1n) is 4.60. The van der Waals surface area contributed by atoms with Gasteiger partial charge in [0.05, 0.1) is 0 Å². The second kappa shape index (κ2) is 4.68. The lowest BCUT2D eigenvalue weighted by molar-refractivity contribution is -0.123. The van der Waals surface area contributed by atoms with Gasteiger partial charge in [0.1, 0.15) is 6.54 Å². The van der Waals surface area contributed by atoms with Gasteiger partial charge in [0.15, 0.2) is 0 Å². The fraction of sp³-hybridized carbons (Fsp3) is 0.700. The third kappa shape index (κ3) is 6.99. The van der Waals surface area contributed by atoms with Crippen molar-refractivity contribution in [2.24, 2.45) is 5.41 Å². The first-order valence-corrected chi connectivity index (χ1v) is 4.60. The van der Waals surface area contributed by atoms with Crippen LogP contribution in [0.15, 0.2) is 11.8 Å². The van der Waals surface area contributed by atoms with Crippen LogP contribution in [-0.2, 0) is 0 Å². The van der Waals surface area contributed by atoms with Crippen LogP contribution in [0.1, 0.15) is 27.7 Å². The topological polar surface area (TPSA) is 35.9 Å². The van der Waals surface area contributed by atoms with E-state index in [-0.39, 0.29) is 5.41 Å². The predicted octanol–water partition coefficient (Wildman–Crippen LogP) is 3.11. The molecule has 2 N–H and O–H groups in total. The summed E-state index contributed by atoms with van der Waals surface area (Å²) >= 11 is 0. The molecular formula is C10H17F3N2. The second-order valence-electron chi connectivity index (χ2n) is 4.46. The Morgan fingerprint density at radius 2 is 1.73 bits per heavy atom. The Morgan fingerprint density at radius 1 is 1.27 bits per heavy atom. The van der Waals surface area contributed by atoms with E-state index in [2.05, 4.69) is 5.32 Å². The molecule has 0 aliphatic heterocycles. The molecule has 0 saturated heterocycles. The van der Waals surface area contributed by atoms with Gasteiger partial charge in [-0.05, 0) is 13.0 Å². The highest BCUT2D eigenvalue weighted by atomic mass is 19.4. The molecule has 0 heterocycles. The van der Waals surface area contributed by atoms with Gasteiger partial charge in [-0.3, -0.25) is 0 Å². The van der Waals surface area contributed by atoms with Crippen molar-refractivity contribution in [1.82, 2.24) is 5.32 Å². The summed E-state index contributed by atoms with van der Waals surface area (Å²) < 4.78 is 35.5. The number of hydrogen-bond acceptors (Lipinski definition) is 2. The number of alkyl halides is 3. The van der Waals surface area contributed by atoms with Crippen LogP contribution < -0.4 is 5.32 Å². The van der Waals surface area contributed by atoms with Crippen molar-refractivity contribution < 1.29 is 13.2 Å². The highest BCUT2D eigenvalue weighted by Gasteiger charge is 2.26. The average Bonchev–Trinajstić information content (AvgIpc) is 1.97. The van der Waals surface area contributed by atoms with Crippen LogP contribution in [0.5, 0.6) is 0 Å². The Hall–Kier alpha value is -1.00. The predicted molar refractivity (Wildman–Crippen MR) is 55.0 cm³/mol. The van der Waals surface area contributed by atoms with Crippen LogP contribution in [0.2, 0.25) is 0 Å². The number of allylic oxidation sites excluding steroid dienone is 2. The number of rotatable bonds is 3. The molecule has 0 aromatic heterocycles. The molecule has 0 saturated carbocycles. The average molecular weight is 222 g/mol. The Balaban J connectivity index is 4.28. The fourth-order valence-corrected chi connectivity index (χ4v) is 0.724. The fourth-order valence-electron chi connectivity index (χ4n) is 0.724. The van der Waals surface area contributed by atoms with E-state index in [4.69, 9.17) is 5.41 Å². The van der Waals surface area contributed by atoms with Gasteiger partial charge < -0.3 is 10.7 Å². The summed E-state index contributed by atoms with van der Waals surface area (Å²) in [5, 5.41) is 9.83. The van der Waals surface area contributed by atoms with Crippen molar-refractivity contribution in [2.45, 2.75) is 33.9 Å². The molecule has 0 rings (SSSR count). The van der Waals surface area contributed by atoms with Crippen molar-refractivity contribution in [3.63, 3.8) is 0 Å². The van der Waals surface area contributed by atoms with Crippen LogP contribution in [0.25, 0.3) is 0 Å². The Morgan fingerprint density at radius 3 is 2.07 bits per heavy atom. The maximum absolute atomic E-state index is 11.8.